The van der Waals surface area contributed by atoms with E-state index in [9.17, 15) is 0 Å². The molecule has 0 spiro atoms. The van der Waals surface area contributed by atoms with Crippen LogP contribution in [0.25, 0.3) is 11.0 Å². The molecule has 166 valence electrons. The first-order chi connectivity index (χ1) is 14.6. The molecule has 3 heterocycles. The molecule has 0 unspecified atom stereocenters. The number of piperidine rings is 1. The van der Waals surface area contributed by atoms with Crippen molar-refractivity contribution in [3.8, 4) is 0 Å². The number of rotatable bonds is 11. The van der Waals surface area contributed by atoms with Gasteiger partial charge in [-0.05, 0) is 77.6 Å². The smallest absolute Gasteiger partial charge is 0.127 e. The fraction of sp³-hybridized carbons (Fsp3) is 0.652. The maximum atomic E-state index is 6.04. The Balaban J connectivity index is 1.58. The van der Waals surface area contributed by atoms with E-state index in [1.54, 1.807) is 0 Å². The molecule has 7 heteroatoms. The quantitative estimate of drug-likeness (QED) is 0.485. The average Bonchev–Trinajstić information content (AvgIpc) is 2.75. The second-order valence-electron chi connectivity index (χ2n) is 8.40. The fourth-order valence-electron chi connectivity index (χ4n) is 4.11. The van der Waals surface area contributed by atoms with Gasteiger partial charge in [0.05, 0.1) is 11.2 Å². The Morgan fingerprint density at radius 2 is 1.87 bits per heavy atom. The molecule has 3 rings (SSSR count). The first-order valence-corrected chi connectivity index (χ1v) is 11.6. The highest BCUT2D eigenvalue weighted by Crippen LogP contribution is 2.25. The maximum Gasteiger partial charge on any atom is 0.127 e. The van der Waals surface area contributed by atoms with Gasteiger partial charge in [0, 0.05) is 18.7 Å². The van der Waals surface area contributed by atoms with Crippen molar-refractivity contribution >= 4 is 28.4 Å². The number of pyridine rings is 2. The van der Waals surface area contributed by atoms with Gasteiger partial charge in [-0.2, -0.15) is 0 Å². The highest BCUT2D eigenvalue weighted by molar-refractivity contribution is 5.90. The number of unbranched alkanes of at least 4 members (excludes halogenated alkanes) is 2. The Labute approximate surface area is 181 Å². The van der Waals surface area contributed by atoms with Crippen molar-refractivity contribution in [1.29, 1.82) is 0 Å². The topological polar surface area (TPSA) is 82.3 Å². The van der Waals surface area contributed by atoms with Gasteiger partial charge in [-0.3, -0.25) is 0 Å². The number of likely N-dealkylation sites (tertiary alicyclic amines) is 1. The summed E-state index contributed by atoms with van der Waals surface area (Å²) in [5.41, 5.74) is 8.75. The molecule has 7 nitrogen and oxygen atoms in total. The normalized spacial score (nSPS) is 15.7. The van der Waals surface area contributed by atoms with Crippen molar-refractivity contribution in [3.05, 3.63) is 18.2 Å². The van der Waals surface area contributed by atoms with E-state index in [-0.39, 0.29) is 0 Å². The van der Waals surface area contributed by atoms with Gasteiger partial charge in [0.25, 0.3) is 0 Å². The van der Waals surface area contributed by atoms with Crippen LogP contribution >= 0.6 is 0 Å². The van der Waals surface area contributed by atoms with Crippen molar-refractivity contribution in [3.63, 3.8) is 0 Å². The summed E-state index contributed by atoms with van der Waals surface area (Å²) in [5, 5.41) is 7.16. The third-order valence-corrected chi connectivity index (χ3v) is 6.10. The number of anilines is 3. The first kappa shape index (κ1) is 22.6. The van der Waals surface area contributed by atoms with Gasteiger partial charge in [0.1, 0.15) is 17.2 Å². The monoisotopic (exact) mass is 413 g/mol. The highest BCUT2D eigenvalue weighted by atomic mass is 15.1. The molecular weight excluding hydrogens is 374 g/mol. The van der Waals surface area contributed by atoms with E-state index >= 15 is 0 Å². The molecular formula is C23H39N7. The van der Waals surface area contributed by atoms with Crippen molar-refractivity contribution in [2.75, 3.05) is 62.7 Å². The van der Waals surface area contributed by atoms with Crippen LogP contribution in [0.15, 0.2) is 18.2 Å². The van der Waals surface area contributed by atoms with E-state index in [1.807, 2.05) is 18.2 Å². The molecule has 0 aliphatic carbocycles. The lowest BCUT2D eigenvalue weighted by Crippen LogP contribution is -2.36. The van der Waals surface area contributed by atoms with E-state index in [0.29, 0.717) is 11.9 Å². The number of fused-ring (bicyclic) bond motifs is 1. The Morgan fingerprint density at radius 1 is 1.10 bits per heavy atom. The second kappa shape index (κ2) is 11.3. The first-order valence-electron chi connectivity index (χ1n) is 11.6. The van der Waals surface area contributed by atoms with Crippen molar-refractivity contribution in [2.45, 2.75) is 52.0 Å². The molecule has 0 saturated carbocycles. The Hall–Kier alpha value is -2.12. The lowest BCUT2D eigenvalue weighted by molar-refractivity contribution is 0.263. The van der Waals surface area contributed by atoms with Gasteiger partial charge in [-0.25, -0.2) is 9.97 Å². The number of hydrogen-bond acceptors (Lipinski definition) is 7. The van der Waals surface area contributed by atoms with Gasteiger partial charge in [-0.1, -0.05) is 20.3 Å². The van der Waals surface area contributed by atoms with Gasteiger partial charge in [0.2, 0.25) is 0 Å². The van der Waals surface area contributed by atoms with Crippen molar-refractivity contribution in [1.82, 2.24) is 19.8 Å². The zero-order chi connectivity index (χ0) is 21.3. The summed E-state index contributed by atoms with van der Waals surface area (Å²) in [6.07, 6.45) is 5.89. The van der Waals surface area contributed by atoms with Gasteiger partial charge in [0.15, 0.2) is 0 Å². The molecule has 4 N–H and O–H groups in total. The largest absolute Gasteiger partial charge is 0.384 e. The summed E-state index contributed by atoms with van der Waals surface area (Å²) in [4.78, 5) is 14.2. The summed E-state index contributed by atoms with van der Waals surface area (Å²) in [6.45, 7) is 11.1. The summed E-state index contributed by atoms with van der Waals surface area (Å²) in [5.74, 6) is 1.45. The predicted molar refractivity (Wildman–Crippen MR) is 128 cm³/mol. The van der Waals surface area contributed by atoms with Crippen molar-refractivity contribution < 1.29 is 0 Å². The molecule has 1 fully saturated rings. The van der Waals surface area contributed by atoms with Crippen LogP contribution in [0.2, 0.25) is 0 Å². The SMILES string of the molecule is CCN(CC)CCCCCNc1cc(N)nc2ccc(NC3CCN(C)CC3)nc12. The number of nitrogens with zero attached hydrogens (tertiary/aromatic N) is 4. The lowest BCUT2D eigenvalue weighted by Gasteiger charge is -2.29. The van der Waals surface area contributed by atoms with Crippen molar-refractivity contribution in [2.24, 2.45) is 0 Å². The standard InChI is InChI=1S/C23H39N7/c1-4-30(5-2)14-8-6-7-13-25-20-17-21(24)27-19-9-10-22(28-23(19)20)26-18-11-15-29(3)16-12-18/h9-10,17-18H,4-8,11-16H2,1-3H3,(H,26,28)(H3,24,25,27). The Kier molecular flexibility index (Phi) is 8.51. The second-order valence-corrected chi connectivity index (χ2v) is 8.40. The van der Waals surface area contributed by atoms with Crippen LogP contribution in [0.4, 0.5) is 17.3 Å². The van der Waals surface area contributed by atoms with Crippen LogP contribution in [-0.4, -0.2) is 72.1 Å². The van der Waals surface area contributed by atoms with E-state index in [2.05, 4.69) is 46.3 Å². The predicted octanol–water partition coefficient (Wildman–Crippen LogP) is 3.64. The molecule has 0 bridgehead atoms. The summed E-state index contributed by atoms with van der Waals surface area (Å²) in [7, 11) is 2.18. The maximum absolute atomic E-state index is 6.04. The highest BCUT2D eigenvalue weighted by Gasteiger charge is 2.17. The summed E-state index contributed by atoms with van der Waals surface area (Å²) in [6, 6.07) is 6.43. The minimum atomic E-state index is 0.482. The average molecular weight is 414 g/mol. The summed E-state index contributed by atoms with van der Waals surface area (Å²) >= 11 is 0. The number of nitrogens with two attached hydrogens (primary N) is 1. The molecule has 1 aliphatic rings. The Bertz CT molecular complexity index is 782. The summed E-state index contributed by atoms with van der Waals surface area (Å²) < 4.78 is 0. The molecule has 0 atom stereocenters. The molecule has 2 aromatic rings. The van der Waals surface area contributed by atoms with E-state index < -0.39 is 0 Å². The number of nitrogens with one attached hydrogen (secondary N) is 2. The third-order valence-electron chi connectivity index (χ3n) is 6.10. The molecule has 0 aromatic carbocycles. The van der Waals surface area contributed by atoms with Crippen LogP contribution in [0.3, 0.4) is 0 Å². The molecule has 1 aliphatic heterocycles. The third kappa shape index (κ3) is 6.44. The zero-order valence-corrected chi connectivity index (χ0v) is 19.0. The molecule has 0 amide bonds. The molecule has 0 radical (unpaired) electrons. The molecule has 30 heavy (non-hydrogen) atoms. The lowest BCUT2D eigenvalue weighted by atomic mass is 10.1. The number of nitrogen functional groups attached to an aromatic ring is 1. The Morgan fingerprint density at radius 3 is 2.60 bits per heavy atom. The van der Waals surface area contributed by atoms with Gasteiger partial charge >= 0.3 is 0 Å². The minimum Gasteiger partial charge on any atom is -0.384 e. The van der Waals surface area contributed by atoms with Gasteiger partial charge < -0.3 is 26.2 Å². The van der Waals surface area contributed by atoms with E-state index in [4.69, 9.17) is 10.7 Å². The van der Waals surface area contributed by atoms with Crippen LogP contribution in [0.5, 0.6) is 0 Å². The molecule has 1 saturated heterocycles. The number of aromatic nitrogens is 2. The van der Waals surface area contributed by atoms with Crippen LogP contribution in [-0.2, 0) is 0 Å². The minimum absolute atomic E-state index is 0.482. The van der Waals surface area contributed by atoms with Crippen LogP contribution < -0.4 is 16.4 Å². The zero-order valence-electron chi connectivity index (χ0n) is 19.0. The molecule has 2 aromatic heterocycles. The van der Waals surface area contributed by atoms with E-state index in [1.165, 1.54) is 19.4 Å². The van der Waals surface area contributed by atoms with Gasteiger partial charge in [-0.15, -0.1) is 0 Å². The van der Waals surface area contributed by atoms with E-state index in [0.717, 1.165) is 74.5 Å². The van der Waals surface area contributed by atoms with Crippen LogP contribution in [0, 0.1) is 0 Å². The van der Waals surface area contributed by atoms with Crippen LogP contribution in [0.1, 0.15) is 46.0 Å². The number of hydrogen-bond donors (Lipinski definition) is 3. The fourth-order valence-corrected chi connectivity index (χ4v) is 4.11.